The molecule has 0 atom stereocenters. The van der Waals surface area contributed by atoms with E-state index in [1.807, 2.05) is 17.5 Å². The third-order valence-corrected chi connectivity index (χ3v) is 6.42. The fraction of sp³-hybridized carbons (Fsp3) is 0.350. The molecule has 29 heavy (non-hydrogen) atoms. The second-order valence-corrected chi connectivity index (χ2v) is 8.68. The molecule has 1 aromatic carbocycles. The highest BCUT2D eigenvalue weighted by atomic mass is 35.5. The molecule has 0 saturated carbocycles. The monoisotopic (exact) mass is 453 g/mol. The van der Waals surface area contributed by atoms with Crippen LogP contribution in [0.4, 0.5) is 5.69 Å². The molecular formula is C20H21Cl2N3O3S. The van der Waals surface area contributed by atoms with E-state index < -0.39 is 0 Å². The number of nitrogens with one attached hydrogen (secondary N) is 1. The average molecular weight is 454 g/mol. The van der Waals surface area contributed by atoms with E-state index in [1.165, 1.54) is 16.2 Å². The van der Waals surface area contributed by atoms with Crippen molar-refractivity contribution in [2.45, 2.75) is 12.8 Å². The highest BCUT2D eigenvalue weighted by molar-refractivity contribution is 7.12. The number of anilines is 1. The first-order chi connectivity index (χ1) is 13.8. The standard InChI is InChI=1S/C20H21Cl2N3O3S/c1-24(12-18(26)23-14-4-5-15(21)16(22)11-14)19(27)13-6-8-25(9-7-13)20(28)17-3-2-10-29-17/h2-5,10-11,13H,6-9,12H2,1H3,(H,23,26). The number of likely N-dealkylation sites (N-methyl/N-ethyl adjacent to an activating group) is 1. The van der Waals surface area contributed by atoms with E-state index in [2.05, 4.69) is 5.32 Å². The summed E-state index contributed by atoms with van der Waals surface area (Å²) in [5.74, 6) is -0.576. The number of piperidine rings is 1. The number of thiophene rings is 1. The van der Waals surface area contributed by atoms with Crippen LogP contribution in [0.2, 0.25) is 10.0 Å². The normalized spacial score (nSPS) is 14.5. The fourth-order valence-electron chi connectivity index (χ4n) is 3.27. The van der Waals surface area contributed by atoms with Crippen LogP contribution in [0.25, 0.3) is 0 Å². The zero-order chi connectivity index (χ0) is 21.0. The Morgan fingerprint density at radius 2 is 1.90 bits per heavy atom. The Morgan fingerprint density at radius 1 is 1.17 bits per heavy atom. The van der Waals surface area contributed by atoms with Gasteiger partial charge in [-0.25, -0.2) is 0 Å². The Hall–Kier alpha value is -2.09. The molecule has 9 heteroatoms. The van der Waals surface area contributed by atoms with Crippen LogP contribution in [0, 0.1) is 5.92 Å². The molecule has 1 aliphatic rings. The molecule has 1 fully saturated rings. The zero-order valence-corrected chi connectivity index (χ0v) is 18.2. The van der Waals surface area contributed by atoms with E-state index in [0.29, 0.717) is 46.5 Å². The van der Waals surface area contributed by atoms with Gasteiger partial charge in [-0.2, -0.15) is 0 Å². The smallest absolute Gasteiger partial charge is 0.263 e. The van der Waals surface area contributed by atoms with Crippen LogP contribution >= 0.6 is 34.5 Å². The predicted octanol–water partition coefficient (Wildman–Crippen LogP) is 4.00. The van der Waals surface area contributed by atoms with Crippen LogP contribution in [0.3, 0.4) is 0 Å². The molecule has 3 amide bonds. The maximum absolute atomic E-state index is 12.7. The number of carbonyl (C=O) groups is 3. The first kappa shape index (κ1) is 21.6. The van der Waals surface area contributed by atoms with Crippen LogP contribution in [0.15, 0.2) is 35.7 Å². The second-order valence-electron chi connectivity index (χ2n) is 6.92. The van der Waals surface area contributed by atoms with Gasteiger partial charge in [-0.15, -0.1) is 11.3 Å². The number of hydrogen-bond donors (Lipinski definition) is 1. The van der Waals surface area contributed by atoms with Crippen molar-refractivity contribution < 1.29 is 14.4 Å². The summed E-state index contributed by atoms with van der Waals surface area (Å²) in [4.78, 5) is 41.3. The number of benzene rings is 1. The third kappa shape index (κ3) is 5.50. The number of rotatable bonds is 5. The Labute approximate surface area is 183 Å². The van der Waals surface area contributed by atoms with Crippen molar-refractivity contribution in [1.82, 2.24) is 9.80 Å². The van der Waals surface area contributed by atoms with Gasteiger partial charge in [0.15, 0.2) is 0 Å². The van der Waals surface area contributed by atoms with Crippen LogP contribution in [0.1, 0.15) is 22.5 Å². The van der Waals surface area contributed by atoms with Crippen molar-refractivity contribution in [3.05, 3.63) is 50.6 Å². The first-order valence-corrected chi connectivity index (χ1v) is 10.8. The van der Waals surface area contributed by atoms with Gasteiger partial charge in [0.25, 0.3) is 5.91 Å². The van der Waals surface area contributed by atoms with Crippen molar-refractivity contribution in [1.29, 1.82) is 0 Å². The molecule has 154 valence electrons. The second kappa shape index (κ2) is 9.61. The number of nitrogens with zero attached hydrogens (tertiary/aromatic N) is 2. The summed E-state index contributed by atoms with van der Waals surface area (Å²) in [6.45, 7) is 1.01. The molecule has 0 aliphatic carbocycles. The SMILES string of the molecule is CN(CC(=O)Nc1ccc(Cl)c(Cl)c1)C(=O)C1CCN(C(=O)c2cccs2)CC1. The van der Waals surface area contributed by atoms with Crippen molar-refractivity contribution in [3.63, 3.8) is 0 Å². The lowest BCUT2D eigenvalue weighted by atomic mass is 9.95. The highest BCUT2D eigenvalue weighted by Crippen LogP contribution is 2.25. The number of carbonyl (C=O) groups excluding carboxylic acids is 3. The maximum Gasteiger partial charge on any atom is 0.263 e. The summed E-state index contributed by atoms with van der Waals surface area (Å²) in [7, 11) is 1.61. The van der Waals surface area contributed by atoms with E-state index in [9.17, 15) is 14.4 Å². The van der Waals surface area contributed by atoms with Crippen LogP contribution < -0.4 is 5.32 Å². The molecule has 6 nitrogen and oxygen atoms in total. The number of halogens is 2. The molecule has 0 spiro atoms. The Bertz CT molecular complexity index is 896. The number of likely N-dealkylation sites (tertiary alicyclic amines) is 1. The van der Waals surface area contributed by atoms with Gasteiger partial charge in [0.2, 0.25) is 11.8 Å². The number of amides is 3. The van der Waals surface area contributed by atoms with Crippen molar-refractivity contribution in [3.8, 4) is 0 Å². The van der Waals surface area contributed by atoms with Gasteiger partial charge in [-0.05, 0) is 42.5 Å². The van der Waals surface area contributed by atoms with Crippen LogP contribution in [0.5, 0.6) is 0 Å². The lowest BCUT2D eigenvalue weighted by Gasteiger charge is -2.32. The minimum Gasteiger partial charge on any atom is -0.338 e. The van der Waals surface area contributed by atoms with E-state index in [4.69, 9.17) is 23.2 Å². The summed E-state index contributed by atoms with van der Waals surface area (Å²) in [6.07, 6.45) is 1.18. The van der Waals surface area contributed by atoms with Gasteiger partial charge < -0.3 is 15.1 Å². The Balaban J connectivity index is 1.48. The van der Waals surface area contributed by atoms with E-state index in [1.54, 1.807) is 30.1 Å². The lowest BCUT2D eigenvalue weighted by Crippen LogP contribution is -2.44. The topological polar surface area (TPSA) is 69.7 Å². The third-order valence-electron chi connectivity index (χ3n) is 4.82. The summed E-state index contributed by atoms with van der Waals surface area (Å²) in [5.41, 5.74) is 0.519. The lowest BCUT2D eigenvalue weighted by molar-refractivity contribution is -0.138. The molecule has 0 bridgehead atoms. The van der Waals surface area contributed by atoms with E-state index in [0.717, 1.165) is 0 Å². The zero-order valence-electron chi connectivity index (χ0n) is 15.9. The van der Waals surface area contributed by atoms with Gasteiger partial charge in [-0.1, -0.05) is 29.3 Å². The van der Waals surface area contributed by atoms with E-state index in [-0.39, 0.29) is 30.2 Å². The summed E-state index contributed by atoms with van der Waals surface area (Å²) < 4.78 is 0. The van der Waals surface area contributed by atoms with E-state index >= 15 is 0 Å². The Morgan fingerprint density at radius 3 is 2.52 bits per heavy atom. The summed E-state index contributed by atoms with van der Waals surface area (Å²) >= 11 is 13.2. The molecule has 2 aromatic rings. The molecule has 0 unspecified atom stereocenters. The highest BCUT2D eigenvalue weighted by Gasteiger charge is 2.30. The molecule has 1 saturated heterocycles. The number of hydrogen-bond acceptors (Lipinski definition) is 4. The van der Waals surface area contributed by atoms with Crippen LogP contribution in [-0.2, 0) is 9.59 Å². The minimum absolute atomic E-state index is 0.0141. The molecule has 1 N–H and O–H groups in total. The quantitative estimate of drug-likeness (QED) is 0.743. The summed E-state index contributed by atoms with van der Waals surface area (Å²) in [6, 6.07) is 8.47. The molecule has 2 heterocycles. The van der Waals surface area contributed by atoms with Gasteiger partial charge in [0.1, 0.15) is 0 Å². The van der Waals surface area contributed by atoms with Crippen molar-refractivity contribution in [2.75, 3.05) is 32.0 Å². The molecule has 0 radical (unpaired) electrons. The molecule has 1 aromatic heterocycles. The largest absolute Gasteiger partial charge is 0.338 e. The van der Waals surface area contributed by atoms with Crippen molar-refractivity contribution in [2.24, 2.45) is 5.92 Å². The molecule has 3 rings (SSSR count). The van der Waals surface area contributed by atoms with Gasteiger partial charge in [0.05, 0.1) is 21.5 Å². The molecular weight excluding hydrogens is 433 g/mol. The summed E-state index contributed by atoms with van der Waals surface area (Å²) in [5, 5.41) is 5.33. The Kier molecular flexibility index (Phi) is 7.16. The van der Waals surface area contributed by atoms with Gasteiger partial charge >= 0.3 is 0 Å². The fourth-order valence-corrected chi connectivity index (χ4v) is 4.25. The average Bonchev–Trinajstić information content (AvgIpc) is 3.24. The van der Waals surface area contributed by atoms with Gasteiger partial charge in [-0.3, -0.25) is 14.4 Å². The van der Waals surface area contributed by atoms with Crippen molar-refractivity contribution >= 4 is 57.9 Å². The predicted molar refractivity (Wildman–Crippen MR) is 116 cm³/mol. The van der Waals surface area contributed by atoms with Crippen LogP contribution in [-0.4, -0.2) is 54.2 Å². The first-order valence-electron chi connectivity index (χ1n) is 9.18. The van der Waals surface area contributed by atoms with Gasteiger partial charge in [0, 0.05) is 31.7 Å². The minimum atomic E-state index is -0.315. The maximum atomic E-state index is 12.7. The molecule has 1 aliphatic heterocycles.